The zero-order valence-electron chi connectivity index (χ0n) is 18.0. The number of aromatic nitrogens is 4. The van der Waals surface area contributed by atoms with Crippen LogP contribution in [-0.4, -0.2) is 49.1 Å². The lowest BCUT2D eigenvalue weighted by Gasteiger charge is -2.28. The Hall–Kier alpha value is -3.51. The van der Waals surface area contributed by atoms with E-state index >= 15 is 0 Å². The molecule has 4 aromatic heterocycles. The van der Waals surface area contributed by atoms with Crippen molar-refractivity contribution in [2.24, 2.45) is 0 Å². The summed E-state index contributed by atoms with van der Waals surface area (Å²) in [6.07, 6.45) is 7.91. The number of Topliss-reactive ketones (excluding diaryl/α,β-unsaturated/α-hetero) is 1. The molecule has 156 valence electrons. The van der Waals surface area contributed by atoms with E-state index in [1.165, 1.54) is 0 Å². The Labute approximate surface area is 181 Å². The van der Waals surface area contributed by atoms with Crippen LogP contribution in [0.15, 0.2) is 59.9 Å². The minimum Gasteiger partial charge on any atom is -0.303 e. The smallest absolute Gasteiger partial charge is 0.187 e. The van der Waals surface area contributed by atoms with Crippen LogP contribution in [0, 0.1) is 13.8 Å². The zero-order valence-corrected chi connectivity index (χ0v) is 18.0. The lowest BCUT2D eigenvalue weighted by molar-refractivity contribution is -0.113. The topological polar surface area (TPSA) is 54.9 Å². The number of likely N-dealkylation sites (N-methyl/N-ethyl adjacent to an activating group) is 1. The molecule has 6 nitrogen and oxygen atoms in total. The van der Waals surface area contributed by atoms with Gasteiger partial charge >= 0.3 is 0 Å². The monoisotopic (exact) mass is 411 g/mol. The molecule has 1 saturated heterocycles. The van der Waals surface area contributed by atoms with Gasteiger partial charge in [0.2, 0.25) is 0 Å². The van der Waals surface area contributed by atoms with Crippen LogP contribution in [0.2, 0.25) is 0 Å². The van der Waals surface area contributed by atoms with Crippen molar-refractivity contribution in [1.29, 1.82) is 0 Å². The molecular weight excluding hydrogens is 386 g/mol. The van der Waals surface area contributed by atoms with Gasteiger partial charge in [-0.05, 0) is 56.8 Å². The van der Waals surface area contributed by atoms with Crippen LogP contribution in [0.25, 0.3) is 23.2 Å². The van der Waals surface area contributed by atoms with Crippen LogP contribution < -0.4 is 0 Å². The van der Waals surface area contributed by atoms with Crippen molar-refractivity contribution < 1.29 is 4.79 Å². The molecule has 0 atom stereocenters. The number of carbonyl (C=O) groups is 1. The van der Waals surface area contributed by atoms with E-state index in [0.29, 0.717) is 13.1 Å². The second-order valence-electron chi connectivity index (χ2n) is 7.97. The SMILES string of the molecule is CCN1C/C(=C/c2nc(C)n3ccccc23)C(=O)/C(=C\c2nc(C)n3ccccc23)C1. The van der Waals surface area contributed by atoms with E-state index in [1.54, 1.807) is 0 Å². The highest BCUT2D eigenvalue weighted by molar-refractivity contribution is 6.15. The van der Waals surface area contributed by atoms with Gasteiger partial charge in [-0.15, -0.1) is 0 Å². The number of likely N-dealkylation sites (tertiary alicyclic amines) is 1. The molecule has 0 aliphatic carbocycles. The number of carbonyl (C=O) groups excluding carboxylic acids is 1. The lowest BCUT2D eigenvalue weighted by Crippen LogP contribution is -2.37. The maximum atomic E-state index is 13.4. The highest BCUT2D eigenvalue weighted by Crippen LogP contribution is 2.25. The number of nitrogens with zero attached hydrogens (tertiary/aromatic N) is 5. The van der Waals surface area contributed by atoms with Crippen molar-refractivity contribution in [3.05, 3.63) is 83.0 Å². The predicted octanol–water partition coefficient (Wildman–Crippen LogP) is 3.97. The Bertz CT molecular complexity index is 1270. The molecule has 1 fully saturated rings. The van der Waals surface area contributed by atoms with Crippen molar-refractivity contribution in [1.82, 2.24) is 23.7 Å². The number of pyridine rings is 2. The van der Waals surface area contributed by atoms with Crippen LogP contribution in [0.4, 0.5) is 0 Å². The van der Waals surface area contributed by atoms with Gasteiger partial charge in [0.15, 0.2) is 5.78 Å². The molecule has 0 bridgehead atoms. The molecule has 6 heteroatoms. The Morgan fingerprint density at radius 3 is 1.77 bits per heavy atom. The zero-order chi connectivity index (χ0) is 21.5. The second-order valence-corrected chi connectivity index (χ2v) is 7.97. The minimum absolute atomic E-state index is 0.0779. The average molecular weight is 412 g/mol. The van der Waals surface area contributed by atoms with E-state index in [4.69, 9.17) is 9.97 Å². The van der Waals surface area contributed by atoms with Gasteiger partial charge in [0.25, 0.3) is 0 Å². The van der Waals surface area contributed by atoms with E-state index in [2.05, 4.69) is 11.8 Å². The van der Waals surface area contributed by atoms with E-state index in [9.17, 15) is 4.79 Å². The summed E-state index contributed by atoms with van der Waals surface area (Å²) in [7, 11) is 0. The third-order valence-corrected chi connectivity index (χ3v) is 5.95. The van der Waals surface area contributed by atoms with Gasteiger partial charge in [-0.3, -0.25) is 9.69 Å². The first kappa shape index (κ1) is 19.5. The van der Waals surface area contributed by atoms with E-state index in [-0.39, 0.29) is 5.78 Å². The number of fused-ring (bicyclic) bond motifs is 2. The van der Waals surface area contributed by atoms with Crippen LogP contribution in [0.1, 0.15) is 30.0 Å². The molecule has 1 aliphatic heterocycles. The standard InChI is InChI=1S/C25H25N5O/c1-4-28-15-19(13-21-23-9-5-7-11-29(23)17(2)26-21)25(31)20(16-28)14-22-24-10-6-8-12-30(24)18(3)27-22/h5-14H,4,15-16H2,1-3H3/b19-13-,20-14-. The number of hydrogen-bond donors (Lipinski definition) is 0. The normalized spacial score (nSPS) is 18.1. The van der Waals surface area contributed by atoms with Crippen LogP contribution in [0.3, 0.4) is 0 Å². The molecule has 4 aromatic rings. The van der Waals surface area contributed by atoms with Gasteiger partial charge in [0, 0.05) is 36.6 Å². The first-order valence-electron chi connectivity index (χ1n) is 10.6. The Balaban J connectivity index is 1.59. The maximum absolute atomic E-state index is 13.4. The largest absolute Gasteiger partial charge is 0.303 e. The van der Waals surface area contributed by atoms with Gasteiger partial charge in [-0.25, -0.2) is 9.97 Å². The minimum atomic E-state index is 0.0779. The lowest BCUT2D eigenvalue weighted by atomic mass is 9.95. The predicted molar refractivity (Wildman–Crippen MR) is 123 cm³/mol. The van der Waals surface area contributed by atoms with Gasteiger partial charge in [0.1, 0.15) is 11.6 Å². The third-order valence-electron chi connectivity index (χ3n) is 5.95. The van der Waals surface area contributed by atoms with Crippen molar-refractivity contribution in [3.8, 4) is 0 Å². The summed E-state index contributed by atoms with van der Waals surface area (Å²) < 4.78 is 4.10. The van der Waals surface area contributed by atoms with Gasteiger partial charge in [-0.2, -0.15) is 0 Å². The number of aryl methyl sites for hydroxylation is 2. The number of ketones is 1. The molecule has 31 heavy (non-hydrogen) atoms. The Kier molecular flexibility index (Phi) is 4.79. The van der Waals surface area contributed by atoms with Gasteiger partial charge in [0.05, 0.1) is 22.4 Å². The molecule has 0 radical (unpaired) electrons. The molecule has 0 aromatic carbocycles. The molecule has 0 unspecified atom stereocenters. The quantitative estimate of drug-likeness (QED) is 0.479. The summed E-state index contributed by atoms with van der Waals surface area (Å²) in [4.78, 5) is 25.1. The molecule has 5 rings (SSSR count). The summed E-state index contributed by atoms with van der Waals surface area (Å²) in [5, 5.41) is 0. The summed E-state index contributed by atoms with van der Waals surface area (Å²) >= 11 is 0. The highest BCUT2D eigenvalue weighted by Gasteiger charge is 2.26. The fraction of sp³-hybridized carbons (Fsp3) is 0.240. The fourth-order valence-corrected chi connectivity index (χ4v) is 4.32. The average Bonchev–Trinajstić information content (AvgIpc) is 3.28. The first-order valence-corrected chi connectivity index (χ1v) is 10.6. The van der Waals surface area contributed by atoms with Crippen LogP contribution >= 0.6 is 0 Å². The second kappa shape index (κ2) is 7.63. The number of rotatable bonds is 3. The Morgan fingerprint density at radius 2 is 1.32 bits per heavy atom. The van der Waals surface area contributed by atoms with E-state index in [0.717, 1.165) is 51.8 Å². The molecule has 1 aliphatic rings. The molecule has 0 amide bonds. The third kappa shape index (κ3) is 3.39. The van der Waals surface area contributed by atoms with Crippen molar-refractivity contribution in [3.63, 3.8) is 0 Å². The van der Waals surface area contributed by atoms with Crippen LogP contribution in [-0.2, 0) is 4.79 Å². The molecule has 0 N–H and O–H groups in total. The van der Waals surface area contributed by atoms with Crippen LogP contribution in [0.5, 0.6) is 0 Å². The molecule has 0 saturated carbocycles. The summed E-state index contributed by atoms with van der Waals surface area (Å²) in [5.41, 5.74) is 5.22. The summed E-state index contributed by atoms with van der Waals surface area (Å²) in [5.74, 6) is 1.90. The number of imidazole rings is 2. The van der Waals surface area contributed by atoms with Gasteiger partial charge in [-0.1, -0.05) is 19.1 Å². The van der Waals surface area contributed by atoms with Crippen molar-refractivity contribution in [2.45, 2.75) is 20.8 Å². The fourth-order valence-electron chi connectivity index (χ4n) is 4.32. The van der Waals surface area contributed by atoms with Gasteiger partial charge < -0.3 is 8.80 Å². The molecular formula is C25H25N5O. The number of hydrogen-bond acceptors (Lipinski definition) is 4. The Morgan fingerprint density at radius 1 is 0.839 bits per heavy atom. The summed E-state index contributed by atoms with van der Waals surface area (Å²) in [6, 6.07) is 12.0. The van der Waals surface area contributed by atoms with Crippen molar-refractivity contribution >= 4 is 29.0 Å². The van der Waals surface area contributed by atoms with E-state index < -0.39 is 0 Å². The molecule has 5 heterocycles. The first-order chi connectivity index (χ1) is 15.0. The molecule has 0 spiro atoms. The summed E-state index contributed by atoms with van der Waals surface area (Å²) in [6.45, 7) is 8.20. The van der Waals surface area contributed by atoms with Crippen molar-refractivity contribution in [2.75, 3.05) is 19.6 Å². The van der Waals surface area contributed by atoms with E-state index in [1.807, 2.05) is 83.6 Å². The maximum Gasteiger partial charge on any atom is 0.187 e. The highest BCUT2D eigenvalue weighted by atomic mass is 16.1. The number of piperidine rings is 1.